The van der Waals surface area contributed by atoms with Crippen molar-refractivity contribution in [1.82, 2.24) is 0 Å². The first-order chi connectivity index (χ1) is 8.66. The van der Waals surface area contributed by atoms with Gasteiger partial charge < -0.3 is 15.4 Å². The molecule has 1 aliphatic heterocycles. The summed E-state index contributed by atoms with van der Waals surface area (Å²) in [6.45, 7) is 2.64. The average molecular weight is 252 g/mol. The maximum absolute atomic E-state index is 13.2. The van der Waals surface area contributed by atoms with Crippen LogP contribution in [0.3, 0.4) is 0 Å². The summed E-state index contributed by atoms with van der Waals surface area (Å²) >= 11 is 0. The van der Waals surface area contributed by atoms with Crippen molar-refractivity contribution < 1.29 is 9.13 Å². The van der Waals surface area contributed by atoms with E-state index in [2.05, 4.69) is 0 Å². The van der Waals surface area contributed by atoms with Crippen LogP contribution in [-0.2, 0) is 4.74 Å². The molecule has 4 heteroatoms. The number of hydrogen-bond acceptors (Lipinski definition) is 3. The van der Waals surface area contributed by atoms with Crippen LogP contribution in [0.1, 0.15) is 19.3 Å². The van der Waals surface area contributed by atoms with Gasteiger partial charge in [0, 0.05) is 26.8 Å². The van der Waals surface area contributed by atoms with E-state index in [0.29, 0.717) is 5.69 Å². The van der Waals surface area contributed by atoms with Crippen LogP contribution in [0.4, 0.5) is 15.8 Å². The van der Waals surface area contributed by atoms with Crippen LogP contribution >= 0.6 is 0 Å². The fourth-order valence-electron chi connectivity index (χ4n) is 2.38. The number of anilines is 2. The van der Waals surface area contributed by atoms with Gasteiger partial charge in [-0.05, 0) is 43.4 Å². The predicted octanol–water partition coefficient (Wildman–Crippen LogP) is 2.66. The predicted molar refractivity (Wildman–Crippen MR) is 72.2 cm³/mol. The van der Waals surface area contributed by atoms with Gasteiger partial charge in [-0.25, -0.2) is 4.39 Å². The van der Waals surface area contributed by atoms with E-state index in [-0.39, 0.29) is 5.82 Å². The molecule has 0 amide bonds. The molecule has 2 N–H and O–H groups in total. The summed E-state index contributed by atoms with van der Waals surface area (Å²) in [5.74, 6) is 0.480. The van der Waals surface area contributed by atoms with E-state index < -0.39 is 0 Å². The molecule has 3 nitrogen and oxygen atoms in total. The van der Waals surface area contributed by atoms with Crippen LogP contribution in [0.15, 0.2) is 18.2 Å². The maximum atomic E-state index is 13.2. The Kier molecular flexibility index (Phi) is 4.42. The van der Waals surface area contributed by atoms with Crippen LogP contribution in [0.2, 0.25) is 0 Å². The monoisotopic (exact) mass is 252 g/mol. The Balaban J connectivity index is 1.90. The number of rotatable bonds is 4. The Hall–Kier alpha value is -1.29. The molecule has 0 aromatic heterocycles. The average Bonchev–Trinajstić information content (AvgIpc) is 2.40. The molecule has 0 aliphatic carbocycles. The molecule has 1 heterocycles. The van der Waals surface area contributed by atoms with Crippen LogP contribution < -0.4 is 10.6 Å². The first-order valence-corrected chi connectivity index (χ1v) is 6.50. The third-order valence-corrected chi connectivity index (χ3v) is 3.62. The SMILES string of the molecule is CN(CCC1CCOCC1)c1cc(F)ccc1N. The molecule has 0 saturated carbocycles. The molecule has 0 radical (unpaired) electrons. The van der Waals surface area contributed by atoms with E-state index >= 15 is 0 Å². The Labute approximate surface area is 108 Å². The number of ether oxygens (including phenoxy) is 1. The zero-order valence-electron chi connectivity index (χ0n) is 10.9. The largest absolute Gasteiger partial charge is 0.397 e. The summed E-state index contributed by atoms with van der Waals surface area (Å²) in [4.78, 5) is 2.04. The Morgan fingerprint density at radius 3 is 2.83 bits per heavy atom. The quantitative estimate of drug-likeness (QED) is 0.837. The number of hydrogen-bond donors (Lipinski definition) is 1. The summed E-state index contributed by atoms with van der Waals surface area (Å²) < 4.78 is 18.5. The highest BCUT2D eigenvalue weighted by Gasteiger charge is 2.15. The van der Waals surface area contributed by atoms with E-state index in [4.69, 9.17) is 10.5 Å². The summed E-state index contributed by atoms with van der Waals surface area (Å²) in [5, 5.41) is 0. The lowest BCUT2D eigenvalue weighted by Gasteiger charge is -2.26. The lowest BCUT2D eigenvalue weighted by molar-refractivity contribution is 0.0645. The molecule has 0 atom stereocenters. The van der Waals surface area contributed by atoms with E-state index in [9.17, 15) is 4.39 Å². The highest BCUT2D eigenvalue weighted by atomic mass is 19.1. The normalized spacial score (nSPS) is 16.8. The summed E-state index contributed by atoms with van der Waals surface area (Å²) in [6.07, 6.45) is 3.37. The molecule has 2 rings (SSSR count). The van der Waals surface area contributed by atoms with Gasteiger partial charge in [0.05, 0.1) is 11.4 Å². The minimum atomic E-state index is -0.239. The highest BCUT2D eigenvalue weighted by molar-refractivity contribution is 5.67. The minimum Gasteiger partial charge on any atom is -0.397 e. The third kappa shape index (κ3) is 3.35. The second-order valence-electron chi connectivity index (χ2n) is 4.97. The van der Waals surface area contributed by atoms with Gasteiger partial charge >= 0.3 is 0 Å². The van der Waals surface area contributed by atoms with Crippen molar-refractivity contribution in [1.29, 1.82) is 0 Å². The highest BCUT2D eigenvalue weighted by Crippen LogP contribution is 2.25. The van der Waals surface area contributed by atoms with Gasteiger partial charge in [0.15, 0.2) is 0 Å². The topological polar surface area (TPSA) is 38.5 Å². The van der Waals surface area contributed by atoms with Gasteiger partial charge in [-0.15, -0.1) is 0 Å². The van der Waals surface area contributed by atoms with Gasteiger partial charge in [0.1, 0.15) is 5.82 Å². The molecule has 0 bridgehead atoms. The summed E-state index contributed by atoms with van der Waals surface area (Å²) in [5.41, 5.74) is 7.28. The lowest BCUT2D eigenvalue weighted by atomic mass is 9.96. The third-order valence-electron chi connectivity index (χ3n) is 3.62. The minimum absolute atomic E-state index is 0.239. The van der Waals surface area contributed by atoms with Gasteiger partial charge in [-0.3, -0.25) is 0 Å². The molecule has 1 aliphatic rings. The van der Waals surface area contributed by atoms with E-state index in [0.717, 1.165) is 50.6 Å². The molecular weight excluding hydrogens is 231 g/mol. The van der Waals surface area contributed by atoms with Crippen molar-refractivity contribution in [3.05, 3.63) is 24.0 Å². The van der Waals surface area contributed by atoms with E-state index in [1.54, 1.807) is 6.07 Å². The van der Waals surface area contributed by atoms with Crippen LogP contribution in [0.25, 0.3) is 0 Å². The van der Waals surface area contributed by atoms with Crippen molar-refractivity contribution in [3.8, 4) is 0 Å². The maximum Gasteiger partial charge on any atom is 0.125 e. The molecule has 1 aromatic carbocycles. The molecule has 1 aromatic rings. The van der Waals surface area contributed by atoms with Crippen molar-refractivity contribution in [2.75, 3.05) is 37.4 Å². The summed E-state index contributed by atoms with van der Waals surface area (Å²) in [7, 11) is 1.96. The van der Waals surface area contributed by atoms with Gasteiger partial charge in [0.25, 0.3) is 0 Å². The molecular formula is C14H21FN2O. The van der Waals surface area contributed by atoms with Crippen molar-refractivity contribution in [2.24, 2.45) is 5.92 Å². The lowest BCUT2D eigenvalue weighted by Crippen LogP contribution is -2.24. The fourth-order valence-corrected chi connectivity index (χ4v) is 2.38. The van der Waals surface area contributed by atoms with Crippen LogP contribution in [0, 0.1) is 11.7 Å². The van der Waals surface area contributed by atoms with Crippen molar-refractivity contribution in [3.63, 3.8) is 0 Å². The molecule has 100 valence electrons. The number of nitrogens with two attached hydrogens (primary N) is 1. The Bertz CT molecular complexity index is 391. The number of nitrogens with zero attached hydrogens (tertiary/aromatic N) is 1. The fraction of sp³-hybridized carbons (Fsp3) is 0.571. The number of halogens is 1. The molecule has 1 fully saturated rings. The number of benzene rings is 1. The molecule has 0 spiro atoms. The molecule has 18 heavy (non-hydrogen) atoms. The van der Waals surface area contributed by atoms with Crippen molar-refractivity contribution >= 4 is 11.4 Å². The first-order valence-electron chi connectivity index (χ1n) is 6.50. The smallest absolute Gasteiger partial charge is 0.125 e. The van der Waals surface area contributed by atoms with Gasteiger partial charge in [-0.2, -0.15) is 0 Å². The van der Waals surface area contributed by atoms with E-state index in [1.165, 1.54) is 12.1 Å². The number of nitrogen functional groups attached to an aromatic ring is 1. The van der Waals surface area contributed by atoms with Crippen LogP contribution in [-0.4, -0.2) is 26.8 Å². The first kappa shape index (κ1) is 13.1. The summed E-state index contributed by atoms with van der Waals surface area (Å²) in [6, 6.07) is 4.51. The van der Waals surface area contributed by atoms with Crippen molar-refractivity contribution in [2.45, 2.75) is 19.3 Å². The van der Waals surface area contributed by atoms with Gasteiger partial charge in [0.2, 0.25) is 0 Å². The molecule has 0 unspecified atom stereocenters. The zero-order chi connectivity index (χ0) is 13.0. The molecule has 1 saturated heterocycles. The zero-order valence-corrected chi connectivity index (χ0v) is 10.9. The Morgan fingerprint density at radius 1 is 1.39 bits per heavy atom. The van der Waals surface area contributed by atoms with Gasteiger partial charge in [-0.1, -0.05) is 0 Å². The van der Waals surface area contributed by atoms with E-state index in [1.807, 2.05) is 11.9 Å². The standard InChI is InChI=1S/C14H21FN2O/c1-17(7-4-11-5-8-18-9-6-11)14-10-12(15)2-3-13(14)16/h2-3,10-11H,4-9,16H2,1H3. The Morgan fingerprint density at radius 2 is 2.11 bits per heavy atom. The van der Waals surface area contributed by atoms with Crippen LogP contribution in [0.5, 0.6) is 0 Å². The second-order valence-corrected chi connectivity index (χ2v) is 4.97. The second kappa shape index (κ2) is 6.05.